The lowest BCUT2D eigenvalue weighted by molar-refractivity contribution is 0.102. The Morgan fingerprint density at radius 3 is 2.50 bits per heavy atom. The van der Waals surface area contributed by atoms with Crippen molar-refractivity contribution in [3.05, 3.63) is 53.8 Å². The third-order valence-corrected chi connectivity index (χ3v) is 6.14. The van der Waals surface area contributed by atoms with Crippen molar-refractivity contribution in [2.75, 3.05) is 18.4 Å². The number of carbonyl (C=O) groups is 1. The average Bonchev–Trinajstić information content (AvgIpc) is 2.62. The molecule has 26 heavy (non-hydrogen) atoms. The molecule has 0 aliphatic carbocycles. The zero-order valence-electron chi connectivity index (χ0n) is 14.0. The third-order valence-electron chi connectivity index (χ3n) is 4.23. The lowest BCUT2D eigenvalue weighted by Gasteiger charge is -2.26. The Morgan fingerprint density at radius 2 is 1.81 bits per heavy atom. The number of nitrogens with zero attached hydrogens (tertiary/aromatic N) is 1. The molecule has 0 saturated carbocycles. The molecule has 2 aromatic carbocycles. The number of hydrogen-bond donors (Lipinski definition) is 2. The van der Waals surface area contributed by atoms with Crippen molar-refractivity contribution in [2.45, 2.75) is 24.2 Å². The van der Waals surface area contributed by atoms with Crippen molar-refractivity contribution in [3.8, 4) is 5.75 Å². The second-order valence-corrected chi connectivity index (χ2v) is 8.02. The van der Waals surface area contributed by atoms with E-state index in [1.165, 1.54) is 22.5 Å². The van der Waals surface area contributed by atoms with Crippen LogP contribution in [0, 0.1) is 5.82 Å². The van der Waals surface area contributed by atoms with Gasteiger partial charge in [0, 0.05) is 30.4 Å². The number of benzene rings is 2. The van der Waals surface area contributed by atoms with Gasteiger partial charge in [0.1, 0.15) is 16.5 Å². The van der Waals surface area contributed by atoms with Gasteiger partial charge in [-0.15, -0.1) is 0 Å². The van der Waals surface area contributed by atoms with Gasteiger partial charge in [0.15, 0.2) is 0 Å². The molecule has 0 bridgehead atoms. The van der Waals surface area contributed by atoms with Crippen molar-refractivity contribution in [3.63, 3.8) is 0 Å². The summed E-state index contributed by atoms with van der Waals surface area (Å²) in [4.78, 5) is 11.9. The van der Waals surface area contributed by atoms with Crippen LogP contribution in [0.25, 0.3) is 0 Å². The largest absolute Gasteiger partial charge is 0.508 e. The topological polar surface area (TPSA) is 86.7 Å². The molecule has 6 nitrogen and oxygen atoms in total. The van der Waals surface area contributed by atoms with Gasteiger partial charge in [0.25, 0.3) is 5.91 Å². The molecule has 2 aromatic rings. The summed E-state index contributed by atoms with van der Waals surface area (Å²) in [6.45, 7) is 0.697. The number of piperidine rings is 1. The number of nitrogens with one attached hydrogen (secondary N) is 1. The van der Waals surface area contributed by atoms with Gasteiger partial charge >= 0.3 is 0 Å². The highest BCUT2D eigenvalue weighted by Gasteiger charge is 2.29. The lowest BCUT2D eigenvalue weighted by atomic mass is 10.2. The molecule has 0 unspecified atom stereocenters. The first kappa shape index (κ1) is 18.3. The van der Waals surface area contributed by atoms with E-state index in [-0.39, 0.29) is 11.3 Å². The van der Waals surface area contributed by atoms with Gasteiger partial charge in [-0.2, -0.15) is 4.31 Å². The Kier molecular flexibility index (Phi) is 5.24. The maximum Gasteiger partial charge on any atom is 0.255 e. The summed E-state index contributed by atoms with van der Waals surface area (Å²) in [6, 6.07) is 9.20. The van der Waals surface area contributed by atoms with Gasteiger partial charge in [-0.3, -0.25) is 4.79 Å². The Hall–Kier alpha value is -2.45. The van der Waals surface area contributed by atoms with Crippen LogP contribution in [0.4, 0.5) is 10.1 Å². The minimum absolute atomic E-state index is 0.0183. The normalized spacial score (nSPS) is 15.6. The molecule has 0 aromatic heterocycles. The van der Waals surface area contributed by atoms with Gasteiger partial charge < -0.3 is 10.4 Å². The molecule has 2 N–H and O–H groups in total. The molecule has 0 spiro atoms. The minimum Gasteiger partial charge on any atom is -0.508 e. The maximum atomic E-state index is 14.2. The van der Waals surface area contributed by atoms with Crippen LogP contribution in [0.2, 0.25) is 0 Å². The molecule has 3 rings (SSSR count). The molecule has 1 amide bonds. The molecule has 8 heteroatoms. The number of halogens is 1. The van der Waals surface area contributed by atoms with E-state index in [9.17, 15) is 22.7 Å². The highest BCUT2D eigenvalue weighted by Crippen LogP contribution is 2.24. The van der Waals surface area contributed by atoms with Crippen molar-refractivity contribution < 1.29 is 22.7 Å². The molecule has 0 atom stereocenters. The molecule has 138 valence electrons. The van der Waals surface area contributed by atoms with E-state index < -0.39 is 26.6 Å². The van der Waals surface area contributed by atoms with Crippen molar-refractivity contribution in [1.82, 2.24) is 4.31 Å². The second kappa shape index (κ2) is 7.43. The Morgan fingerprint density at radius 1 is 1.08 bits per heavy atom. The van der Waals surface area contributed by atoms with E-state index in [0.29, 0.717) is 18.8 Å². The lowest BCUT2D eigenvalue weighted by Crippen LogP contribution is -2.36. The Balaban J connectivity index is 1.88. The van der Waals surface area contributed by atoms with E-state index in [1.807, 2.05) is 0 Å². The Bertz CT molecular complexity index is 925. The first-order valence-electron chi connectivity index (χ1n) is 8.28. The SMILES string of the molecule is O=C(Nc1cccc(O)c1)c1ccc(F)c(S(=O)(=O)N2CCCCC2)c1. The molecule has 0 radical (unpaired) electrons. The fourth-order valence-corrected chi connectivity index (χ4v) is 4.48. The molecule has 1 aliphatic heterocycles. The molecular weight excluding hydrogens is 359 g/mol. The van der Waals surface area contributed by atoms with Crippen LogP contribution in [-0.4, -0.2) is 36.8 Å². The molecular formula is C18H19FN2O4S. The summed E-state index contributed by atoms with van der Waals surface area (Å²) in [7, 11) is -3.99. The monoisotopic (exact) mass is 378 g/mol. The number of anilines is 1. The van der Waals surface area contributed by atoms with Crippen molar-refractivity contribution >= 4 is 21.6 Å². The smallest absolute Gasteiger partial charge is 0.255 e. The van der Waals surface area contributed by atoms with Crippen LogP contribution in [0.1, 0.15) is 29.6 Å². The molecule has 1 aliphatic rings. The van der Waals surface area contributed by atoms with Crippen LogP contribution in [-0.2, 0) is 10.0 Å². The number of amides is 1. The number of rotatable bonds is 4. The van der Waals surface area contributed by atoms with Crippen LogP contribution < -0.4 is 5.32 Å². The predicted molar refractivity (Wildman–Crippen MR) is 95.1 cm³/mol. The van der Waals surface area contributed by atoms with Crippen LogP contribution in [0.15, 0.2) is 47.4 Å². The number of hydrogen-bond acceptors (Lipinski definition) is 4. The molecule has 1 heterocycles. The zero-order valence-corrected chi connectivity index (χ0v) is 14.8. The number of phenols is 1. The average molecular weight is 378 g/mol. The summed E-state index contributed by atoms with van der Waals surface area (Å²) >= 11 is 0. The minimum atomic E-state index is -3.99. The van der Waals surface area contributed by atoms with Crippen molar-refractivity contribution in [2.24, 2.45) is 0 Å². The summed E-state index contributed by atoms with van der Waals surface area (Å²) < 4.78 is 40.9. The van der Waals surface area contributed by atoms with E-state index in [1.54, 1.807) is 12.1 Å². The van der Waals surface area contributed by atoms with Gasteiger partial charge in [-0.25, -0.2) is 12.8 Å². The first-order chi connectivity index (χ1) is 12.4. The van der Waals surface area contributed by atoms with E-state index in [0.717, 1.165) is 31.4 Å². The third kappa shape index (κ3) is 3.86. The number of carbonyl (C=O) groups excluding carboxylic acids is 1. The van der Waals surface area contributed by atoms with Gasteiger partial charge in [0.05, 0.1) is 0 Å². The van der Waals surface area contributed by atoms with E-state index in [2.05, 4.69) is 5.32 Å². The second-order valence-electron chi connectivity index (χ2n) is 6.11. The predicted octanol–water partition coefficient (Wildman–Crippen LogP) is 2.96. The number of sulfonamides is 1. The summed E-state index contributed by atoms with van der Waals surface area (Å²) in [5.41, 5.74) is 0.366. The van der Waals surface area contributed by atoms with Crippen molar-refractivity contribution in [1.29, 1.82) is 0 Å². The van der Waals surface area contributed by atoms with Crippen LogP contribution >= 0.6 is 0 Å². The first-order valence-corrected chi connectivity index (χ1v) is 9.72. The van der Waals surface area contributed by atoms with Crippen LogP contribution in [0.3, 0.4) is 0 Å². The fraction of sp³-hybridized carbons (Fsp3) is 0.278. The zero-order chi connectivity index (χ0) is 18.7. The fourth-order valence-electron chi connectivity index (χ4n) is 2.87. The van der Waals surface area contributed by atoms with Crippen LogP contribution in [0.5, 0.6) is 5.75 Å². The number of aromatic hydroxyl groups is 1. The Labute approximate surface area is 151 Å². The maximum absolute atomic E-state index is 14.2. The highest BCUT2D eigenvalue weighted by molar-refractivity contribution is 7.89. The van der Waals surface area contributed by atoms with E-state index in [4.69, 9.17) is 0 Å². The number of phenolic OH excluding ortho intramolecular Hbond substituents is 1. The quantitative estimate of drug-likeness (QED) is 0.856. The standard InChI is InChI=1S/C18H19FN2O4S/c19-16-8-7-13(18(23)20-14-5-4-6-15(22)12-14)11-17(16)26(24,25)21-9-2-1-3-10-21/h4-8,11-12,22H,1-3,9-10H2,(H,20,23). The van der Waals surface area contributed by atoms with Gasteiger partial charge in [-0.05, 0) is 43.2 Å². The summed E-state index contributed by atoms with van der Waals surface area (Å²) in [6.07, 6.45) is 2.41. The summed E-state index contributed by atoms with van der Waals surface area (Å²) in [5.74, 6) is -1.49. The summed E-state index contributed by atoms with van der Waals surface area (Å²) in [5, 5.41) is 12.0. The van der Waals surface area contributed by atoms with Gasteiger partial charge in [-0.1, -0.05) is 12.5 Å². The molecule has 1 saturated heterocycles. The highest BCUT2D eigenvalue weighted by atomic mass is 32.2. The van der Waals surface area contributed by atoms with E-state index >= 15 is 0 Å². The van der Waals surface area contributed by atoms with Gasteiger partial charge in [0.2, 0.25) is 10.0 Å². The molecule has 1 fully saturated rings.